The van der Waals surface area contributed by atoms with Crippen molar-refractivity contribution in [2.24, 2.45) is 5.92 Å². The van der Waals surface area contributed by atoms with Crippen LogP contribution in [0.1, 0.15) is 53.8 Å². The fourth-order valence-electron chi connectivity index (χ4n) is 3.18. The van der Waals surface area contributed by atoms with Crippen LogP contribution in [0.3, 0.4) is 0 Å². The third-order valence-electron chi connectivity index (χ3n) is 4.87. The third-order valence-corrected chi connectivity index (χ3v) is 4.87. The lowest BCUT2D eigenvalue weighted by Crippen LogP contribution is -2.27. The Bertz CT molecular complexity index is 809. The fourth-order valence-corrected chi connectivity index (χ4v) is 3.18. The van der Waals surface area contributed by atoms with Gasteiger partial charge in [-0.3, -0.25) is 9.59 Å². The van der Waals surface area contributed by atoms with Gasteiger partial charge in [0.25, 0.3) is 11.8 Å². The molecule has 0 aromatic heterocycles. The second kappa shape index (κ2) is 9.40. The zero-order valence-electron chi connectivity index (χ0n) is 16.6. The fraction of sp³-hybridized carbons (Fsp3) is 0.391. The summed E-state index contributed by atoms with van der Waals surface area (Å²) >= 11 is 0. The molecule has 5 heteroatoms. The molecule has 0 aliphatic carbocycles. The Hall–Kier alpha value is -2.82. The van der Waals surface area contributed by atoms with Crippen LogP contribution in [0.5, 0.6) is 5.75 Å². The molecule has 148 valence electrons. The summed E-state index contributed by atoms with van der Waals surface area (Å²) in [6.45, 7) is 6.51. The summed E-state index contributed by atoms with van der Waals surface area (Å²) < 4.78 is 5.80. The Morgan fingerprint density at radius 1 is 1.04 bits per heavy atom. The Morgan fingerprint density at radius 2 is 1.71 bits per heavy atom. The summed E-state index contributed by atoms with van der Waals surface area (Å²) in [5.74, 6) is 0.960. The summed E-state index contributed by atoms with van der Waals surface area (Å²) in [5, 5.41) is 2.89. The van der Waals surface area contributed by atoms with E-state index in [1.54, 1.807) is 30.3 Å². The number of para-hydroxylation sites is 1. The predicted molar refractivity (Wildman–Crippen MR) is 111 cm³/mol. The van der Waals surface area contributed by atoms with E-state index >= 15 is 0 Å². The van der Waals surface area contributed by atoms with Gasteiger partial charge in [-0.25, -0.2) is 0 Å². The minimum Gasteiger partial charge on any atom is -0.493 e. The lowest BCUT2D eigenvalue weighted by Gasteiger charge is -2.15. The number of carbonyl (C=O) groups excluding carboxylic acids is 2. The third kappa shape index (κ3) is 5.12. The first-order valence-electron chi connectivity index (χ1n) is 9.97. The maximum atomic E-state index is 12.7. The van der Waals surface area contributed by atoms with Crippen molar-refractivity contribution in [3.05, 3.63) is 59.7 Å². The topological polar surface area (TPSA) is 58.6 Å². The molecule has 2 aromatic carbocycles. The van der Waals surface area contributed by atoms with Gasteiger partial charge >= 0.3 is 0 Å². The van der Waals surface area contributed by atoms with Crippen LogP contribution in [0.25, 0.3) is 0 Å². The summed E-state index contributed by atoms with van der Waals surface area (Å²) in [5.41, 5.74) is 1.81. The lowest BCUT2D eigenvalue weighted by molar-refractivity contribution is 0.0792. The van der Waals surface area contributed by atoms with Crippen molar-refractivity contribution in [3.8, 4) is 5.75 Å². The number of ether oxygens (including phenoxy) is 1. The molecule has 28 heavy (non-hydrogen) atoms. The van der Waals surface area contributed by atoms with Gasteiger partial charge in [0.05, 0.1) is 12.2 Å². The lowest BCUT2D eigenvalue weighted by atomic mass is 10.1. The van der Waals surface area contributed by atoms with Crippen LogP contribution in [0.2, 0.25) is 0 Å². The number of rotatable bonds is 7. The van der Waals surface area contributed by atoms with Gasteiger partial charge < -0.3 is 15.0 Å². The quantitative estimate of drug-likeness (QED) is 0.764. The van der Waals surface area contributed by atoms with Gasteiger partial charge in [-0.1, -0.05) is 26.0 Å². The first-order valence-corrected chi connectivity index (χ1v) is 9.97. The van der Waals surface area contributed by atoms with Crippen molar-refractivity contribution in [2.75, 3.05) is 25.0 Å². The normalized spacial score (nSPS) is 13.6. The minimum atomic E-state index is -0.223. The second-order valence-corrected chi connectivity index (χ2v) is 7.56. The molecule has 2 aromatic rings. The van der Waals surface area contributed by atoms with Crippen molar-refractivity contribution in [2.45, 2.75) is 33.1 Å². The number of nitrogens with one attached hydrogen (secondary N) is 1. The maximum Gasteiger partial charge on any atom is 0.259 e. The largest absolute Gasteiger partial charge is 0.493 e. The van der Waals surface area contributed by atoms with Crippen LogP contribution < -0.4 is 10.1 Å². The van der Waals surface area contributed by atoms with Crippen LogP contribution in [-0.4, -0.2) is 36.4 Å². The number of hydrogen-bond donors (Lipinski definition) is 1. The highest BCUT2D eigenvalue weighted by Crippen LogP contribution is 2.21. The van der Waals surface area contributed by atoms with Crippen molar-refractivity contribution < 1.29 is 14.3 Å². The first kappa shape index (κ1) is 19.9. The van der Waals surface area contributed by atoms with Crippen molar-refractivity contribution in [1.29, 1.82) is 0 Å². The first-order chi connectivity index (χ1) is 13.5. The smallest absolute Gasteiger partial charge is 0.259 e. The van der Waals surface area contributed by atoms with Crippen molar-refractivity contribution in [1.82, 2.24) is 4.90 Å². The number of benzene rings is 2. The molecule has 1 N–H and O–H groups in total. The molecule has 1 aliphatic heterocycles. The van der Waals surface area contributed by atoms with Crippen LogP contribution in [0, 0.1) is 5.92 Å². The zero-order valence-corrected chi connectivity index (χ0v) is 16.6. The molecule has 2 amide bonds. The van der Waals surface area contributed by atoms with E-state index in [0.29, 0.717) is 35.1 Å². The molecule has 0 radical (unpaired) electrons. The molecule has 0 spiro atoms. The van der Waals surface area contributed by atoms with Crippen LogP contribution in [0.15, 0.2) is 48.5 Å². The molecule has 1 aliphatic rings. The SMILES string of the molecule is CC(C)CCOc1ccccc1C(=O)Nc1ccc(C(=O)N2CCCC2)cc1. The molecular formula is C23H28N2O3. The van der Waals surface area contributed by atoms with Gasteiger partial charge in [-0.15, -0.1) is 0 Å². The van der Waals surface area contributed by atoms with E-state index in [0.717, 1.165) is 32.4 Å². The van der Waals surface area contributed by atoms with E-state index < -0.39 is 0 Å². The highest BCUT2D eigenvalue weighted by molar-refractivity contribution is 6.06. The van der Waals surface area contributed by atoms with Crippen molar-refractivity contribution >= 4 is 17.5 Å². The summed E-state index contributed by atoms with van der Waals surface area (Å²) in [6.07, 6.45) is 3.07. The summed E-state index contributed by atoms with van der Waals surface area (Å²) in [7, 11) is 0. The number of carbonyl (C=O) groups is 2. The minimum absolute atomic E-state index is 0.0549. The molecule has 0 atom stereocenters. The van der Waals surface area contributed by atoms with Gasteiger partial charge in [-0.05, 0) is 61.6 Å². The molecule has 0 bridgehead atoms. The molecular weight excluding hydrogens is 352 g/mol. The maximum absolute atomic E-state index is 12.7. The average Bonchev–Trinajstić information content (AvgIpc) is 3.23. The van der Waals surface area contributed by atoms with E-state index in [-0.39, 0.29) is 11.8 Å². The molecule has 0 saturated carbocycles. The van der Waals surface area contributed by atoms with Crippen LogP contribution >= 0.6 is 0 Å². The Balaban J connectivity index is 1.64. The number of likely N-dealkylation sites (tertiary alicyclic amines) is 1. The standard InChI is InChI=1S/C23H28N2O3/c1-17(2)13-16-28-21-8-4-3-7-20(21)22(26)24-19-11-9-18(10-12-19)23(27)25-14-5-6-15-25/h3-4,7-12,17H,5-6,13-16H2,1-2H3,(H,24,26). The van der Waals surface area contributed by atoms with Gasteiger partial charge in [0.2, 0.25) is 0 Å². The van der Waals surface area contributed by atoms with Crippen LogP contribution in [-0.2, 0) is 0 Å². The number of anilines is 1. The summed E-state index contributed by atoms with van der Waals surface area (Å²) in [4.78, 5) is 27.0. The monoisotopic (exact) mass is 380 g/mol. The van der Waals surface area contributed by atoms with Gasteiger partial charge in [0.15, 0.2) is 0 Å². The zero-order chi connectivity index (χ0) is 19.9. The number of nitrogens with zero attached hydrogens (tertiary/aromatic N) is 1. The van der Waals surface area contributed by atoms with Gasteiger partial charge in [0, 0.05) is 24.3 Å². The molecule has 3 rings (SSSR count). The molecule has 1 heterocycles. The highest BCUT2D eigenvalue weighted by atomic mass is 16.5. The predicted octanol–water partition coefficient (Wildman–Crippen LogP) is 4.60. The average molecular weight is 380 g/mol. The second-order valence-electron chi connectivity index (χ2n) is 7.56. The van der Waals surface area contributed by atoms with Crippen LogP contribution in [0.4, 0.5) is 5.69 Å². The molecule has 1 saturated heterocycles. The van der Waals surface area contributed by atoms with E-state index in [9.17, 15) is 9.59 Å². The Morgan fingerprint density at radius 3 is 2.39 bits per heavy atom. The highest BCUT2D eigenvalue weighted by Gasteiger charge is 2.19. The van der Waals surface area contributed by atoms with E-state index in [1.807, 2.05) is 23.1 Å². The van der Waals surface area contributed by atoms with Gasteiger partial charge in [0.1, 0.15) is 5.75 Å². The Labute approximate surface area is 166 Å². The molecule has 0 unspecified atom stereocenters. The summed E-state index contributed by atoms with van der Waals surface area (Å²) in [6, 6.07) is 14.3. The number of hydrogen-bond acceptors (Lipinski definition) is 3. The van der Waals surface area contributed by atoms with Gasteiger partial charge in [-0.2, -0.15) is 0 Å². The van der Waals surface area contributed by atoms with E-state index in [2.05, 4.69) is 19.2 Å². The Kier molecular flexibility index (Phi) is 6.69. The molecule has 5 nitrogen and oxygen atoms in total. The number of amides is 2. The molecule has 1 fully saturated rings. The van der Waals surface area contributed by atoms with E-state index in [4.69, 9.17) is 4.74 Å². The van der Waals surface area contributed by atoms with E-state index in [1.165, 1.54) is 0 Å². The van der Waals surface area contributed by atoms with Crippen molar-refractivity contribution in [3.63, 3.8) is 0 Å².